The number of H-pyrrole nitrogens is 1. The predicted molar refractivity (Wildman–Crippen MR) is 137 cm³/mol. The summed E-state index contributed by atoms with van der Waals surface area (Å²) < 4.78 is 8.30. The number of ether oxygens (including phenoxy) is 1. The lowest BCUT2D eigenvalue weighted by atomic mass is 10.1. The second kappa shape index (κ2) is 10.6. The Morgan fingerprint density at radius 1 is 0.971 bits per heavy atom. The number of hydrogen-bond acceptors (Lipinski definition) is 4. The predicted octanol–water partition coefficient (Wildman–Crippen LogP) is 4.09. The molecule has 2 heterocycles. The summed E-state index contributed by atoms with van der Waals surface area (Å²) >= 11 is 12.1. The molecule has 0 unspecified atom stereocenters. The summed E-state index contributed by atoms with van der Waals surface area (Å²) in [5.41, 5.74) is 2.31. The van der Waals surface area contributed by atoms with E-state index in [4.69, 9.17) is 27.9 Å². The highest BCUT2D eigenvalue weighted by atomic mass is 35.5. The van der Waals surface area contributed by atoms with Crippen molar-refractivity contribution in [1.82, 2.24) is 19.2 Å². The number of rotatable bonds is 9. The Morgan fingerprint density at radius 2 is 1.62 bits per heavy atom. The number of pyridine rings is 1. The molecule has 9 heteroatoms. The lowest BCUT2D eigenvalue weighted by Gasteiger charge is -2.15. The number of hydrogen-bond donors (Lipinski definition) is 1. The van der Waals surface area contributed by atoms with Gasteiger partial charge in [-0.15, -0.1) is 0 Å². The van der Waals surface area contributed by atoms with E-state index in [0.29, 0.717) is 52.9 Å². The number of benzene rings is 2. The zero-order valence-corrected chi connectivity index (χ0v) is 20.6. The first-order chi connectivity index (χ1) is 16.4. The zero-order valence-electron chi connectivity index (χ0n) is 19.1. The molecule has 0 aliphatic rings. The van der Waals surface area contributed by atoms with Crippen molar-refractivity contribution < 1.29 is 4.74 Å². The molecule has 4 rings (SSSR count). The van der Waals surface area contributed by atoms with E-state index in [1.165, 1.54) is 6.07 Å². The van der Waals surface area contributed by atoms with E-state index in [1.807, 2.05) is 31.3 Å². The molecular formula is C25H26Cl2N4O3. The average molecular weight is 501 g/mol. The molecule has 4 aromatic rings. The normalized spacial score (nSPS) is 11.6. The Labute approximate surface area is 207 Å². The first kappa shape index (κ1) is 24.3. The van der Waals surface area contributed by atoms with Crippen molar-refractivity contribution in [1.29, 1.82) is 0 Å². The maximum Gasteiger partial charge on any atom is 0.276 e. The van der Waals surface area contributed by atoms with E-state index in [1.54, 1.807) is 40.6 Å². The fourth-order valence-electron chi connectivity index (χ4n) is 3.91. The minimum Gasteiger partial charge on any atom is -0.383 e. The summed E-state index contributed by atoms with van der Waals surface area (Å²) in [7, 11) is 3.63. The minimum atomic E-state index is -0.210. The van der Waals surface area contributed by atoms with Gasteiger partial charge in [0.15, 0.2) is 0 Å². The Hall–Kier alpha value is -2.84. The molecule has 178 valence electrons. The van der Waals surface area contributed by atoms with Gasteiger partial charge >= 0.3 is 0 Å². The van der Waals surface area contributed by atoms with Gasteiger partial charge in [-0.2, -0.15) is 0 Å². The van der Waals surface area contributed by atoms with Crippen molar-refractivity contribution in [2.24, 2.45) is 0 Å². The first-order valence-corrected chi connectivity index (χ1v) is 11.7. The van der Waals surface area contributed by atoms with Crippen LogP contribution in [0.25, 0.3) is 22.2 Å². The highest BCUT2D eigenvalue weighted by Gasteiger charge is 2.19. The second-order valence-electron chi connectivity index (χ2n) is 8.20. The number of halogens is 2. The number of likely N-dealkylation sites (N-methyl/N-ethyl adjacent to an activating group) is 1. The topological polar surface area (TPSA) is 72.3 Å². The van der Waals surface area contributed by atoms with Crippen molar-refractivity contribution in [2.75, 3.05) is 33.9 Å². The summed E-state index contributed by atoms with van der Waals surface area (Å²) in [6, 6.07) is 15.9. The summed E-state index contributed by atoms with van der Waals surface area (Å²) in [4.78, 5) is 28.8. The zero-order chi connectivity index (χ0) is 24.2. The van der Waals surface area contributed by atoms with Crippen LogP contribution in [0.1, 0.15) is 5.56 Å². The van der Waals surface area contributed by atoms with Crippen molar-refractivity contribution in [3.8, 4) is 11.3 Å². The van der Waals surface area contributed by atoms with Gasteiger partial charge in [0.2, 0.25) is 0 Å². The van der Waals surface area contributed by atoms with Crippen LogP contribution in [0.2, 0.25) is 10.0 Å². The third-order valence-corrected chi connectivity index (χ3v) is 6.28. The van der Waals surface area contributed by atoms with Crippen LogP contribution >= 0.6 is 23.2 Å². The van der Waals surface area contributed by atoms with Gasteiger partial charge in [-0.1, -0.05) is 47.5 Å². The molecule has 0 saturated heterocycles. The lowest BCUT2D eigenvalue weighted by Crippen LogP contribution is -2.30. The van der Waals surface area contributed by atoms with Crippen molar-refractivity contribution in [3.05, 3.63) is 90.9 Å². The highest BCUT2D eigenvalue weighted by molar-refractivity contribution is 6.30. The van der Waals surface area contributed by atoms with Crippen LogP contribution in [0, 0.1) is 0 Å². The van der Waals surface area contributed by atoms with Crippen LogP contribution in [0.15, 0.2) is 64.2 Å². The van der Waals surface area contributed by atoms with E-state index < -0.39 is 0 Å². The SMILES string of the molecule is COCCN(C)CCn1[nH]c2cc(=O)n(Cc3ccc(Cl)cc3)c(-c3ccc(Cl)cc3)c2c1=O. The van der Waals surface area contributed by atoms with E-state index in [-0.39, 0.29) is 11.1 Å². The second-order valence-corrected chi connectivity index (χ2v) is 9.08. The van der Waals surface area contributed by atoms with Crippen molar-refractivity contribution in [3.63, 3.8) is 0 Å². The molecule has 0 aliphatic carbocycles. The van der Waals surface area contributed by atoms with Gasteiger partial charge in [0.1, 0.15) is 0 Å². The summed E-state index contributed by atoms with van der Waals surface area (Å²) in [5.74, 6) is 0. The van der Waals surface area contributed by atoms with Gasteiger partial charge in [-0.05, 0) is 42.4 Å². The Bertz CT molecular complexity index is 1390. The summed E-state index contributed by atoms with van der Waals surface area (Å²) in [5, 5.41) is 4.79. The molecule has 1 N–H and O–H groups in total. The Balaban J connectivity index is 1.83. The molecule has 0 saturated carbocycles. The molecule has 0 atom stereocenters. The van der Waals surface area contributed by atoms with Crippen LogP contribution in [-0.4, -0.2) is 53.1 Å². The molecule has 2 aromatic heterocycles. The molecule has 0 spiro atoms. The van der Waals surface area contributed by atoms with E-state index in [9.17, 15) is 9.59 Å². The van der Waals surface area contributed by atoms with Gasteiger partial charge in [0, 0.05) is 36.3 Å². The summed E-state index contributed by atoms with van der Waals surface area (Å²) in [6.07, 6.45) is 0. The first-order valence-electron chi connectivity index (χ1n) is 10.9. The number of fused-ring (bicyclic) bond motifs is 1. The third kappa shape index (κ3) is 5.28. The molecule has 0 amide bonds. The quantitative estimate of drug-likeness (QED) is 0.375. The molecule has 2 aromatic carbocycles. The average Bonchev–Trinajstić information content (AvgIpc) is 3.13. The van der Waals surface area contributed by atoms with Gasteiger partial charge in [0.05, 0.1) is 36.3 Å². The Morgan fingerprint density at radius 3 is 2.26 bits per heavy atom. The van der Waals surface area contributed by atoms with E-state index in [2.05, 4.69) is 10.00 Å². The number of nitrogens with zero attached hydrogens (tertiary/aromatic N) is 3. The van der Waals surface area contributed by atoms with Gasteiger partial charge in [-0.3, -0.25) is 19.4 Å². The molecule has 0 bridgehead atoms. The fourth-order valence-corrected chi connectivity index (χ4v) is 4.16. The fraction of sp³-hybridized carbons (Fsp3) is 0.280. The molecule has 0 radical (unpaired) electrons. The standard InChI is InChI=1S/C25H26Cl2N4O3/c1-29(13-14-34-2)11-12-31-25(33)23-21(28-31)15-22(32)30(16-17-3-7-19(26)8-4-17)24(23)18-5-9-20(27)10-6-18/h3-10,15,28H,11-14,16H2,1-2H3. The molecular weight excluding hydrogens is 475 g/mol. The van der Waals surface area contributed by atoms with Gasteiger partial charge in [-0.25, -0.2) is 0 Å². The lowest BCUT2D eigenvalue weighted by molar-refractivity contribution is 0.158. The molecule has 0 aliphatic heterocycles. The van der Waals surface area contributed by atoms with Crippen LogP contribution < -0.4 is 11.1 Å². The molecule has 0 fully saturated rings. The third-order valence-electron chi connectivity index (χ3n) is 5.78. The number of aromatic nitrogens is 3. The van der Waals surface area contributed by atoms with E-state index >= 15 is 0 Å². The maximum absolute atomic E-state index is 13.5. The largest absolute Gasteiger partial charge is 0.383 e. The minimum absolute atomic E-state index is 0.176. The number of aromatic amines is 1. The number of nitrogens with one attached hydrogen (secondary N) is 1. The van der Waals surface area contributed by atoms with Crippen LogP contribution in [0.4, 0.5) is 0 Å². The van der Waals surface area contributed by atoms with Crippen molar-refractivity contribution in [2.45, 2.75) is 13.1 Å². The van der Waals surface area contributed by atoms with Gasteiger partial charge < -0.3 is 14.2 Å². The van der Waals surface area contributed by atoms with Gasteiger partial charge in [0.25, 0.3) is 11.1 Å². The number of methoxy groups -OCH3 is 1. The molecule has 7 nitrogen and oxygen atoms in total. The smallest absolute Gasteiger partial charge is 0.276 e. The Kier molecular flexibility index (Phi) is 7.58. The van der Waals surface area contributed by atoms with Crippen LogP contribution in [0.3, 0.4) is 0 Å². The van der Waals surface area contributed by atoms with Crippen LogP contribution in [0.5, 0.6) is 0 Å². The monoisotopic (exact) mass is 500 g/mol. The van der Waals surface area contributed by atoms with E-state index in [0.717, 1.165) is 17.7 Å². The maximum atomic E-state index is 13.5. The van der Waals surface area contributed by atoms with Crippen molar-refractivity contribution >= 4 is 34.1 Å². The molecule has 34 heavy (non-hydrogen) atoms. The van der Waals surface area contributed by atoms with Crippen LogP contribution in [-0.2, 0) is 17.8 Å². The summed E-state index contributed by atoms with van der Waals surface area (Å²) in [6.45, 7) is 2.78. The highest BCUT2D eigenvalue weighted by Crippen LogP contribution is 2.27.